The average molecular weight is 395 g/mol. The van der Waals surface area contributed by atoms with Gasteiger partial charge >= 0.3 is 6.03 Å². The van der Waals surface area contributed by atoms with Gasteiger partial charge in [-0.05, 0) is 45.2 Å². The first-order valence-corrected chi connectivity index (χ1v) is 10.6. The van der Waals surface area contributed by atoms with Crippen LogP contribution in [0.2, 0.25) is 0 Å². The highest BCUT2D eigenvalue weighted by Crippen LogP contribution is 2.23. The van der Waals surface area contributed by atoms with E-state index in [0.29, 0.717) is 13.1 Å². The van der Waals surface area contributed by atoms with Gasteiger partial charge in [0.05, 0.1) is 0 Å². The summed E-state index contributed by atoms with van der Waals surface area (Å²) in [6, 6.07) is 9.96. The molecule has 1 aromatic heterocycles. The molecular formula is C22H30N6O. The summed E-state index contributed by atoms with van der Waals surface area (Å²) >= 11 is 0. The molecule has 2 saturated heterocycles. The molecule has 1 aromatic carbocycles. The molecule has 29 heavy (non-hydrogen) atoms. The number of aryl methyl sites for hydroxylation is 2. The minimum Gasteiger partial charge on any atom is -0.356 e. The summed E-state index contributed by atoms with van der Waals surface area (Å²) in [7, 11) is 0. The van der Waals surface area contributed by atoms with Crippen LogP contribution < -0.4 is 15.1 Å². The molecule has 3 heterocycles. The van der Waals surface area contributed by atoms with Crippen LogP contribution in [0.25, 0.3) is 0 Å². The van der Waals surface area contributed by atoms with Crippen molar-refractivity contribution in [3.05, 3.63) is 41.7 Å². The highest BCUT2D eigenvalue weighted by atomic mass is 16.2. The predicted molar refractivity (Wildman–Crippen MR) is 117 cm³/mol. The van der Waals surface area contributed by atoms with E-state index in [-0.39, 0.29) is 6.03 Å². The summed E-state index contributed by atoms with van der Waals surface area (Å²) in [5.41, 5.74) is 2.02. The Balaban J connectivity index is 1.37. The molecule has 2 aromatic rings. The van der Waals surface area contributed by atoms with Gasteiger partial charge < -0.3 is 20.0 Å². The van der Waals surface area contributed by atoms with Gasteiger partial charge in [0.15, 0.2) is 0 Å². The van der Waals surface area contributed by atoms with Crippen molar-refractivity contribution >= 4 is 23.4 Å². The number of urea groups is 1. The number of hydrogen-bond acceptors (Lipinski definition) is 5. The summed E-state index contributed by atoms with van der Waals surface area (Å²) in [6.45, 7) is 9.05. The van der Waals surface area contributed by atoms with Crippen LogP contribution in [-0.4, -0.2) is 60.2 Å². The maximum absolute atomic E-state index is 12.6. The maximum atomic E-state index is 12.6. The van der Waals surface area contributed by atoms with Gasteiger partial charge in [0.25, 0.3) is 0 Å². The van der Waals surface area contributed by atoms with E-state index in [0.717, 1.165) is 49.3 Å². The number of amides is 2. The van der Waals surface area contributed by atoms with E-state index in [1.165, 1.54) is 24.8 Å². The monoisotopic (exact) mass is 394 g/mol. The molecule has 7 nitrogen and oxygen atoms in total. The Labute approximate surface area is 172 Å². The van der Waals surface area contributed by atoms with Crippen molar-refractivity contribution in [1.29, 1.82) is 0 Å². The molecule has 7 heteroatoms. The molecule has 0 saturated carbocycles. The normalized spacial score (nSPS) is 17.4. The third-order valence-corrected chi connectivity index (χ3v) is 5.68. The Bertz CT molecular complexity index is 839. The number of benzene rings is 1. The quantitative estimate of drug-likeness (QED) is 0.864. The minimum atomic E-state index is -0.0404. The number of nitrogens with zero attached hydrogens (tertiary/aromatic N) is 5. The van der Waals surface area contributed by atoms with Crippen molar-refractivity contribution in [3.8, 4) is 0 Å². The van der Waals surface area contributed by atoms with E-state index < -0.39 is 0 Å². The van der Waals surface area contributed by atoms with Gasteiger partial charge in [-0.1, -0.05) is 17.7 Å². The Kier molecular flexibility index (Phi) is 5.83. The molecular weight excluding hydrogens is 364 g/mol. The van der Waals surface area contributed by atoms with Gasteiger partial charge in [-0.2, -0.15) is 0 Å². The van der Waals surface area contributed by atoms with Crippen molar-refractivity contribution < 1.29 is 4.79 Å². The van der Waals surface area contributed by atoms with Crippen molar-refractivity contribution in [2.75, 3.05) is 54.4 Å². The number of carbonyl (C=O) groups is 1. The van der Waals surface area contributed by atoms with E-state index in [2.05, 4.69) is 31.2 Å². The Morgan fingerprint density at radius 3 is 2.03 bits per heavy atom. The zero-order valence-electron chi connectivity index (χ0n) is 17.4. The fourth-order valence-electron chi connectivity index (χ4n) is 3.96. The lowest BCUT2D eigenvalue weighted by Crippen LogP contribution is -2.50. The molecule has 1 N–H and O–H groups in total. The van der Waals surface area contributed by atoms with Crippen LogP contribution >= 0.6 is 0 Å². The van der Waals surface area contributed by atoms with E-state index in [9.17, 15) is 4.79 Å². The molecule has 2 aliphatic rings. The lowest BCUT2D eigenvalue weighted by atomic mass is 10.1. The van der Waals surface area contributed by atoms with Crippen molar-refractivity contribution in [2.45, 2.75) is 33.1 Å². The molecule has 0 bridgehead atoms. The second-order valence-electron chi connectivity index (χ2n) is 7.95. The lowest BCUT2D eigenvalue weighted by Gasteiger charge is -2.36. The Morgan fingerprint density at radius 2 is 1.41 bits per heavy atom. The summed E-state index contributed by atoms with van der Waals surface area (Å²) < 4.78 is 0. The van der Waals surface area contributed by atoms with E-state index >= 15 is 0 Å². The summed E-state index contributed by atoms with van der Waals surface area (Å²) in [4.78, 5) is 28.4. The van der Waals surface area contributed by atoms with E-state index in [1.807, 2.05) is 43.0 Å². The molecule has 0 unspecified atom stereocenters. The smallest absolute Gasteiger partial charge is 0.321 e. The van der Waals surface area contributed by atoms with Gasteiger partial charge in [-0.3, -0.25) is 0 Å². The number of rotatable bonds is 3. The SMILES string of the molecule is Cc1ccc(NC(=O)N2CCN(c3cc(N4CCCCC4)nc(C)n3)CC2)cc1. The van der Waals surface area contributed by atoms with Crippen molar-refractivity contribution in [1.82, 2.24) is 14.9 Å². The fourth-order valence-corrected chi connectivity index (χ4v) is 3.96. The van der Waals surface area contributed by atoms with Crippen LogP contribution in [0, 0.1) is 13.8 Å². The van der Waals surface area contributed by atoms with Crippen molar-refractivity contribution in [2.24, 2.45) is 0 Å². The van der Waals surface area contributed by atoms with Gasteiger partial charge in [0, 0.05) is 51.0 Å². The number of piperidine rings is 1. The third-order valence-electron chi connectivity index (χ3n) is 5.68. The van der Waals surface area contributed by atoms with Crippen LogP contribution in [0.3, 0.4) is 0 Å². The summed E-state index contributed by atoms with van der Waals surface area (Å²) in [5, 5.41) is 2.99. The zero-order valence-corrected chi connectivity index (χ0v) is 17.4. The molecule has 0 aliphatic carbocycles. The third kappa shape index (κ3) is 4.78. The first-order valence-electron chi connectivity index (χ1n) is 10.6. The van der Waals surface area contributed by atoms with Crippen LogP contribution in [0.15, 0.2) is 30.3 Å². The number of aromatic nitrogens is 2. The topological polar surface area (TPSA) is 64.6 Å². The number of piperazine rings is 1. The van der Waals surface area contributed by atoms with Crippen LogP contribution in [-0.2, 0) is 0 Å². The van der Waals surface area contributed by atoms with E-state index in [4.69, 9.17) is 0 Å². The van der Waals surface area contributed by atoms with Crippen LogP contribution in [0.4, 0.5) is 22.1 Å². The first-order chi connectivity index (χ1) is 14.1. The molecule has 154 valence electrons. The first kappa shape index (κ1) is 19.5. The fraction of sp³-hybridized carbons (Fsp3) is 0.500. The number of nitrogens with one attached hydrogen (secondary N) is 1. The van der Waals surface area contributed by atoms with Crippen LogP contribution in [0.1, 0.15) is 30.7 Å². The second-order valence-corrected chi connectivity index (χ2v) is 7.95. The minimum absolute atomic E-state index is 0.0404. The molecule has 2 fully saturated rings. The summed E-state index contributed by atoms with van der Waals surface area (Å²) in [6.07, 6.45) is 3.76. The number of hydrogen-bond donors (Lipinski definition) is 1. The average Bonchev–Trinajstić information content (AvgIpc) is 2.75. The zero-order chi connectivity index (χ0) is 20.2. The molecule has 0 spiro atoms. The highest BCUT2D eigenvalue weighted by molar-refractivity contribution is 5.89. The second kappa shape index (κ2) is 8.68. The predicted octanol–water partition coefficient (Wildman–Crippen LogP) is 3.44. The standard InChI is InChI=1S/C22H30N6O/c1-17-6-8-19(9-7-17)25-22(29)28-14-12-27(13-15-28)21-16-20(23-18(2)24-21)26-10-4-3-5-11-26/h6-9,16H,3-5,10-15H2,1-2H3,(H,25,29). The molecule has 2 aliphatic heterocycles. The van der Waals surface area contributed by atoms with Gasteiger partial charge in [0.1, 0.15) is 17.5 Å². The van der Waals surface area contributed by atoms with Gasteiger partial charge in [-0.15, -0.1) is 0 Å². The molecule has 0 radical (unpaired) electrons. The Morgan fingerprint density at radius 1 is 0.828 bits per heavy atom. The molecule has 4 rings (SSSR count). The summed E-state index contributed by atoms with van der Waals surface area (Å²) in [5.74, 6) is 2.81. The molecule has 2 amide bonds. The van der Waals surface area contributed by atoms with Crippen molar-refractivity contribution in [3.63, 3.8) is 0 Å². The Hall–Kier alpha value is -2.83. The van der Waals surface area contributed by atoms with Crippen LogP contribution in [0.5, 0.6) is 0 Å². The number of carbonyl (C=O) groups excluding carboxylic acids is 1. The van der Waals surface area contributed by atoms with Gasteiger partial charge in [0.2, 0.25) is 0 Å². The van der Waals surface area contributed by atoms with E-state index in [1.54, 1.807) is 0 Å². The highest BCUT2D eigenvalue weighted by Gasteiger charge is 2.23. The maximum Gasteiger partial charge on any atom is 0.321 e. The number of anilines is 3. The largest absolute Gasteiger partial charge is 0.356 e. The molecule has 0 atom stereocenters. The van der Waals surface area contributed by atoms with Gasteiger partial charge in [-0.25, -0.2) is 14.8 Å². The lowest BCUT2D eigenvalue weighted by molar-refractivity contribution is 0.208.